The zero-order valence-corrected chi connectivity index (χ0v) is 15.5. The standard InChI is InChI=1S/C20H27N3O3/c1-3-7-15(8-4-2)20(24)22-16-11-21-23(12-16)13-17-14-25-18-9-5-6-10-19(18)26-17/h5-6,9-12,15,17H,3-4,7-8,13-14H2,1-2H3,(H,22,24). The van der Waals surface area contributed by atoms with Gasteiger partial charge in [-0.2, -0.15) is 5.10 Å². The maximum atomic E-state index is 12.4. The fourth-order valence-corrected chi connectivity index (χ4v) is 3.24. The van der Waals surface area contributed by atoms with Gasteiger partial charge in [-0.15, -0.1) is 0 Å². The van der Waals surface area contributed by atoms with Crippen molar-refractivity contribution in [1.82, 2.24) is 9.78 Å². The molecule has 0 fully saturated rings. The monoisotopic (exact) mass is 357 g/mol. The van der Waals surface area contributed by atoms with E-state index in [2.05, 4.69) is 24.3 Å². The number of ether oxygens (including phenoxy) is 2. The van der Waals surface area contributed by atoms with Crippen molar-refractivity contribution in [3.8, 4) is 11.5 Å². The van der Waals surface area contributed by atoms with E-state index in [1.54, 1.807) is 10.9 Å². The van der Waals surface area contributed by atoms with Crippen LogP contribution in [-0.2, 0) is 11.3 Å². The second kappa shape index (κ2) is 8.74. The van der Waals surface area contributed by atoms with Crippen LogP contribution in [0.2, 0.25) is 0 Å². The molecule has 0 bridgehead atoms. The molecule has 1 atom stereocenters. The first kappa shape index (κ1) is 18.3. The molecule has 1 aliphatic heterocycles. The first-order valence-corrected chi connectivity index (χ1v) is 9.41. The number of hydrogen-bond acceptors (Lipinski definition) is 4. The molecule has 1 amide bonds. The molecule has 2 aromatic rings. The van der Waals surface area contributed by atoms with Gasteiger partial charge in [0.15, 0.2) is 17.6 Å². The third-order valence-corrected chi connectivity index (χ3v) is 4.50. The van der Waals surface area contributed by atoms with Crippen LogP contribution in [0, 0.1) is 5.92 Å². The van der Waals surface area contributed by atoms with Crippen LogP contribution in [0.15, 0.2) is 36.7 Å². The molecule has 0 aliphatic carbocycles. The molecule has 140 valence electrons. The van der Waals surface area contributed by atoms with Crippen LogP contribution in [0.3, 0.4) is 0 Å². The number of hydrogen-bond donors (Lipinski definition) is 1. The number of fused-ring (bicyclic) bond motifs is 1. The summed E-state index contributed by atoms with van der Waals surface area (Å²) in [5, 5.41) is 7.33. The minimum atomic E-state index is -0.110. The van der Waals surface area contributed by atoms with Gasteiger partial charge in [-0.1, -0.05) is 38.8 Å². The number of rotatable bonds is 8. The van der Waals surface area contributed by atoms with Gasteiger partial charge < -0.3 is 14.8 Å². The highest BCUT2D eigenvalue weighted by Crippen LogP contribution is 2.31. The van der Waals surface area contributed by atoms with E-state index in [9.17, 15) is 4.79 Å². The van der Waals surface area contributed by atoms with Crippen molar-refractivity contribution in [2.45, 2.75) is 52.2 Å². The van der Waals surface area contributed by atoms with Crippen molar-refractivity contribution in [3.05, 3.63) is 36.7 Å². The zero-order valence-electron chi connectivity index (χ0n) is 15.5. The summed E-state index contributed by atoms with van der Waals surface area (Å²) in [5.41, 5.74) is 0.726. The highest BCUT2D eigenvalue weighted by Gasteiger charge is 2.22. The lowest BCUT2D eigenvalue weighted by atomic mass is 9.97. The minimum absolute atomic E-state index is 0.0694. The molecule has 0 spiro atoms. The fraction of sp³-hybridized carbons (Fsp3) is 0.500. The SMILES string of the molecule is CCCC(CCC)C(=O)Nc1cnn(CC2COc3ccccc3O2)c1. The summed E-state index contributed by atoms with van der Waals surface area (Å²) < 4.78 is 13.5. The summed E-state index contributed by atoms with van der Waals surface area (Å²) in [7, 11) is 0. The number of aromatic nitrogens is 2. The van der Waals surface area contributed by atoms with Crippen molar-refractivity contribution >= 4 is 11.6 Å². The van der Waals surface area contributed by atoms with Crippen LogP contribution < -0.4 is 14.8 Å². The number of amides is 1. The molecule has 6 heteroatoms. The average molecular weight is 357 g/mol. The van der Waals surface area contributed by atoms with Gasteiger partial charge in [0.2, 0.25) is 5.91 Å². The summed E-state index contributed by atoms with van der Waals surface area (Å²) >= 11 is 0. The number of carbonyl (C=O) groups is 1. The predicted molar refractivity (Wildman–Crippen MR) is 101 cm³/mol. The first-order chi connectivity index (χ1) is 12.7. The molecule has 1 aromatic carbocycles. The molecule has 1 unspecified atom stereocenters. The number of para-hydroxylation sites is 2. The van der Waals surface area contributed by atoms with E-state index in [4.69, 9.17) is 9.47 Å². The topological polar surface area (TPSA) is 65.4 Å². The van der Waals surface area contributed by atoms with E-state index in [0.29, 0.717) is 13.2 Å². The molecule has 1 N–H and O–H groups in total. The van der Waals surface area contributed by atoms with Gasteiger partial charge in [0.25, 0.3) is 0 Å². The lowest BCUT2D eigenvalue weighted by molar-refractivity contribution is -0.120. The molecule has 0 radical (unpaired) electrons. The second-order valence-electron chi connectivity index (χ2n) is 6.71. The quantitative estimate of drug-likeness (QED) is 0.779. The summed E-state index contributed by atoms with van der Waals surface area (Å²) in [6.45, 7) is 5.27. The highest BCUT2D eigenvalue weighted by atomic mass is 16.6. The number of nitrogens with zero attached hydrogens (tertiary/aromatic N) is 2. The molecule has 0 saturated carbocycles. The van der Waals surface area contributed by atoms with Crippen LogP contribution in [0.5, 0.6) is 11.5 Å². The molecule has 0 saturated heterocycles. The average Bonchev–Trinajstić information content (AvgIpc) is 3.08. The first-order valence-electron chi connectivity index (χ1n) is 9.41. The summed E-state index contributed by atoms with van der Waals surface area (Å²) in [5.74, 6) is 1.68. The number of nitrogens with one attached hydrogen (secondary N) is 1. The molecule has 6 nitrogen and oxygen atoms in total. The summed E-state index contributed by atoms with van der Waals surface area (Å²) in [6.07, 6.45) is 7.28. The van der Waals surface area contributed by atoms with E-state index in [0.717, 1.165) is 42.9 Å². The van der Waals surface area contributed by atoms with Crippen LogP contribution >= 0.6 is 0 Å². The maximum Gasteiger partial charge on any atom is 0.227 e. The lowest BCUT2D eigenvalue weighted by Gasteiger charge is -2.26. The Labute approximate surface area is 154 Å². The summed E-state index contributed by atoms with van der Waals surface area (Å²) in [4.78, 5) is 12.4. The van der Waals surface area contributed by atoms with E-state index in [1.807, 2.05) is 30.5 Å². The van der Waals surface area contributed by atoms with Gasteiger partial charge in [-0.3, -0.25) is 9.48 Å². The zero-order chi connectivity index (χ0) is 18.4. The Balaban J connectivity index is 1.56. The molecular weight excluding hydrogens is 330 g/mol. The van der Waals surface area contributed by atoms with E-state index < -0.39 is 0 Å². The summed E-state index contributed by atoms with van der Waals surface area (Å²) in [6, 6.07) is 7.65. The van der Waals surface area contributed by atoms with Crippen LogP contribution in [0.25, 0.3) is 0 Å². The normalized spacial score (nSPS) is 15.9. The highest BCUT2D eigenvalue weighted by molar-refractivity contribution is 5.92. The van der Waals surface area contributed by atoms with Crippen molar-refractivity contribution in [2.24, 2.45) is 5.92 Å². The number of benzene rings is 1. The van der Waals surface area contributed by atoms with Gasteiger partial charge in [0, 0.05) is 12.1 Å². The van der Waals surface area contributed by atoms with Crippen molar-refractivity contribution in [3.63, 3.8) is 0 Å². The molecule has 1 aliphatic rings. The van der Waals surface area contributed by atoms with E-state index in [1.165, 1.54) is 0 Å². The van der Waals surface area contributed by atoms with Gasteiger partial charge >= 0.3 is 0 Å². The largest absolute Gasteiger partial charge is 0.486 e. The van der Waals surface area contributed by atoms with Crippen LogP contribution in [0.1, 0.15) is 39.5 Å². The molecule has 1 aromatic heterocycles. The van der Waals surface area contributed by atoms with Gasteiger partial charge in [0.1, 0.15) is 6.61 Å². The Morgan fingerprint density at radius 2 is 2.00 bits per heavy atom. The van der Waals surface area contributed by atoms with Gasteiger partial charge in [-0.05, 0) is 25.0 Å². The smallest absolute Gasteiger partial charge is 0.227 e. The second-order valence-corrected chi connectivity index (χ2v) is 6.71. The Morgan fingerprint density at radius 3 is 2.73 bits per heavy atom. The molecule has 26 heavy (non-hydrogen) atoms. The Morgan fingerprint density at radius 1 is 1.27 bits per heavy atom. The Bertz CT molecular complexity index is 723. The van der Waals surface area contributed by atoms with Crippen molar-refractivity contribution in [2.75, 3.05) is 11.9 Å². The Kier molecular flexibility index (Phi) is 6.15. The molecule has 2 heterocycles. The number of carbonyl (C=O) groups excluding carboxylic acids is 1. The van der Waals surface area contributed by atoms with Gasteiger partial charge in [0.05, 0.1) is 18.4 Å². The van der Waals surface area contributed by atoms with E-state index >= 15 is 0 Å². The third kappa shape index (κ3) is 4.56. The van der Waals surface area contributed by atoms with E-state index in [-0.39, 0.29) is 17.9 Å². The Hall–Kier alpha value is -2.50. The lowest BCUT2D eigenvalue weighted by Crippen LogP contribution is -2.33. The van der Waals surface area contributed by atoms with Crippen LogP contribution in [0.4, 0.5) is 5.69 Å². The van der Waals surface area contributed by atoms with Crippen molar-refractivity contribution in [1.29, 1.82) is 0 Å². The number of anilines is 1. The minimum Gasteiger partial charge on any atom is -0.486 e. The van der Waals surface area contributed by atoms with Crippen molar-refractivity contribution < 1.29 is 14.3 Å². The maximum absolute atomic E-state index is 12.4. The predicted octanol–water partition coefficient (Wildman–Crippen LogP) is 3.88. The van der Waals surface area contributed by atoms with Gasteiger partial charge in [-0.25, -0.2) is 0 Å². The third-order valence-electron chi connectivity index (χ3n) is 4.50. The van der Waals surface area contributed by atoms with Crippen LogP contribution in [-0.4, -0.2) is 28.4 Å². The molecular formula is C20H27N3O3. The molecule has 3 rings (SSSR count). The fourth-order valence-electron chi connectivity index (χ4n) is 3.24.